The van der Waals surface area contributed by atoms with Crippen molar-refractivity contribution >= 4 is 40.8 Å². The number of benzene rings is 1. The zero-order valence-corrected chi connectivity index (χ0v) is 29.4. The van der Waals surface area contributed by atoms with Crippen LogP contribution in [0.4, 0.5) is 29.0 Å². The van der Waals surface area contributed by atoms with Crippen molar-refractivity contribution in [3.63, 3.8) is 0 Å². The smallest absolute Gasteiger partial charge is 0.256 e. The van der Waals surface area contributed by atoms with Gasteiger partial charge in [-0.05, 0) is 57.3 Å². The maximum atomic E-state index is 12.8. The molecule has 15 heteroatoms. The molecule has 15 nitrogen and oxygen atoms in total. The fraction of sp³-hybridized carbons (Fsp3) is 0.457. The van der Waals surface area contributed by atoms with E-state index in [0.717, 1.165) is 6.54 Å². The molecular weight excluding hydrogens is 644 g/mol. The molecule has 2 heterocycles. The van der Waals surface area contributed by atoms with Gasteiger partial charge in [-0.25, -0.2) is 9.97 Å². The molecule has 1 aromatic carbocycles. The lowest BCUT2D eigenvalue weighted by Crippen LogP contribution is -2.27. The van der Waals surface area contributed by atoms with Gasteiger partial charge >= 0.3 is 0 Å². The van der Waals surface area contributed by atoms with Crippen molar-refractivity contribution in [3.05, 3.63) is 72.6 Å². The SMILES string of the molecule is C=CCNC(=O)c1cnc(Nc2ccc(N(C)C(=O)CCOCCOCCOCCOCCNC)cc2)nc1Nc1cccc(C(C)(C)O)n1. The lowest BCUT2D eigenvalue weighted by molar-refractivity contribution is -0.119. The number of nitrogens with zero attached hydrogens (tertiary/aromatic N) is 4. The second-order valence-electron chi connectivity index (χ2n) is 11.5. The molecule has 0 radical (unpaired) electrons. The molecule has 0 saturated carbocycles. The summed E-state index contributed by atoms with van der Waals surface area (Å²) in [5.41, 5.74) is 0.851. The Morgan fingerprint density at radius 3 is 2.16 bits per heavy atom. The number of carbonyl (C=O) groups excluding carboxylic acids is 2. The lowest BCUT2D eigenvalue weighted by Gasteiger charge is -2.18. The third kappa shape index (κ3) is 14.2. The normalized spacial score (nSPS) is 11.2. The van der Waals surface area contributed by atoms with Crippen LogP contribution in [-0.2, 0) is 29.3 Å². The molecule has 0 aliphatic rings. The van der Waals surface area contributed by atoms with Gasteiger partial charge < -0.3 is 50.2 Å². The molecular formula is C35H50N8O7. The van der Waals surface area contributed by atoms with Gasteiger partial charge in [0.25, 0.3) is 5.91 Å². The third-order valence-electron chi connectivity index (χ3n) is 7.02. The van der Waals surface area contributed by atoms with Gasteiger partial charge in [0.2, 0.25) is 11.9 Å². The Bertz CT molecular complexity index is 1480. The summed E-state index contributed by atoms with van der Waals surface area (Å²) in [5, 5.41) is 22.3. The van der Waals surface area contributed by atoms with Gasteiger partial charge in [-0.3, -0.25) is 9.59 Å². The summed E-state index contributed by atoms with van der Waals surface area (Å²) in [6.07, 6.45) is 3.20. The molecule has 3 rings (SSSR count). The second kappa shape index (κ2) is 21.5. The molecule has 0 spiro atoms. The Balaban J connectivity index is 1.48. The molecule has 272 valence electrons. The number of amides is 2. The van der Waals surface area contributed by atoms with Gasteiger partial charge in [0, 0.05) is 37.7 Å². The number of likely N-dealkylation sites (N-methyl/N-ethyl adjacent to an activating group) is 1. The van der Waals surface area contributed by atoms with E-state index in [1.807, 2.05) is 7.05 Å². The number of hydrogen-bond acceptors (Lipinski definition) is 13. The standard InChI is InChI=1S/C35H50N8O7/c1-6-15-37-33(45)28-25-38-34(42-32(28)41-30-9-7-8-29(40-30)35(2,3)46)39-26-10-12-27(13-11-26)43(5)31(44)14-17-47-19-21-49-23-24-50-22-20-48-18-16-36-4/h6-13,25,36,46H,1,14-24H2,2-5H3,(H,37,45)(H2,38,39,40,41,42). The van der Waals surface area contributed by atoms with Gasteiger partial charge in [-0.15, -0.1) is 6.58 Å². The summed E-state index contributed by atoms with van der Waals surface area (Å²) < 4.78 is 21.9. The number of ether oxygens (including phenoxy) is 4. The zero-order valence-electron chi connectivity index (χ0n) is 29.4. The van der Waals surface area contributed by atoms with E-state index < -0.39 is 11.5 Å². The van der Waals surface area contributed by atoms with Crippen LogP contribution in [0.25, 0.3) is 0 Å². The maximum Gasteiger partial charge on any atom is 0.256 e. The first kappa shape index (κ1) is 39.9. The molecule has 0 aliphatic heterocycles. The molecule has 0 bridgehead atoms. The highest BCUT2D eigenvalue weighted by Gasteiger charge is 2.20. The molecule has 5 N–H and O–H groups in total. The number of aromatic nitrogens is 3. The first-order chi connectivity index (χ1) is 24.1. The monoisotopic (exact) mass is 694 g/mol. The van der Waals surface area contributed by atoms with E-state index in [1.165, 1.54) is 6.20 Å². The molecule has 2 amide bonds. The van der Waals surface area contributed by atoms with E-state index in [9.17, 15) is 14.7 Å². The van der Waals surface area contributed by atoms with Crippen molar-refractivity contribution in [1.29, 1.82) is 0 Å². The number of nitrogens with one attached hydrogen (secondary N) is 4. The minimum absolute atomic E-state index is 0.0939. The Morgan fingerprint density at radius 1 is 0.900 bits per heavy atom. The number of pyridine rings is 1. The van der Waals surface area contributed by atoms with Crippen LogP contribution in [-0.4, -0.2) is 112 Å². The molecule has 0 atom stereocenters. The average molecular weight is 695 g/mol. The van der Waals surface area contributed by atoms with Gasteiger partial charge in [-0.2, -0.15) is 4.98 Å². The van der Waals surface area contributed by atoms with E-state index in [4.69, 9.17) is 18.9 Å². The fourth-order valence-electron chi connectivity index (χ4n) is 4.23. The summed E-state index contributed by atoms with van der Waals surface area (Å²) in [5.74, 6) is 0.340. The summed E-state index contributed by atoms with van der Waals surface area (Å²) in [4.78, 5) is 40.5. The summed E-state index contributed by atoms with van der Waals surface area (Å²) in [6, 6.07) is 12.4. The average Bonchev–Trinajstić information content (AvgIpc) is 3.10. The van der Waals surface area contributed by atoms with Crippen molar-refractivity contribution in [2.24, 2.45) is 0 Å². The maximum absolute atomic E-state index is 12.8. The summed E-state index contributed by atoms with van der Waals surface area (Å²) >= 11 is 0. The van der Waals surface area contributed by atoms with Crippen molar-refractivity contribution < 1.29 is 33.6 Å². The van der Waals surface area contributed by atoms with E-state index in [-0.39, 0.29) is 42.8 Å². The molecule has 0 aliphatic carbocycles. The first-order valence-corrected chi connectivity index (χ1v) is 16.4. The summed E-state index contributed by atoms with van der Waals surface area (Å²) in [7, 11) is 3.58. The van der Waals surface area contributed by atoms with E-state index >= 15 is 0 Å². The highest BCUT2D eigenvalue weighted by atomic mass is 16.6. The van der Waals surface area contributed by atoms with Crippen molar-refractivity contribution in [2.45, 2.75) is 25.9 Å². The van der Waals surface area contributed by atoms with E-state index in [1.54, 1.807) is 74.3 Å². The molecule has 0 unspecified atom stereocenters. The number of carbonyl (C=O) groups is 2. The molecule has 2 aromatic heterocycles. The summed E-state index contributed by atoms with van der Waals surface area (Å²) in [6.45, 7) is 11.7. The zero-order chi connectivity index (χ0) is 36.2. The lowest BCUT2D eigenvalue weighted by atomic mass is 10.1. The minimum atomic E-state index is -1.16. The van der Waals surface area contributed by atoms with Crippen molar-refractivity contribution in [1.82, 2.24) is 25.6 Å². The van der Waals surface area contributed by atoms with E-state index in [2.05, 4.69) is 42.8 Å². The van der Waals surface area contributed by atoms with Crippen molar-refractivity contribution in [3.8, 4) is 0 Å². The van der Waals surface area contributed by atoms with Gasteiger partial charge in [-0.1, -0.05) is 12.1 Å². The second-order valence-corrected chi connectivity index (χ2v) is 11.5. The molecule has 0 saturated heterocycles. The largest absolute Gasteiger partial charge is 0.384 e. The van der Waals surface area contributed by atoms with Crippen LogP contribution in [0.5, 0.6) is 0 Å². The van der Waals surface area contributed by atoms with Crippen molar-refractivity contribution in [2.75, 3.05) is 95.6 Å². The number of anilines is 5. The predicted molar refractivity (Wildman–Crippen MR) is 192 cm³/mol. The van der Waals surface area contributed by atoms with Crippen LogP contribution >= 0.6 is 0 Å². The molecule has 50 heavy (non-hydrogen) atoms. The highest BCUT2D eigenvalue weighted by Crippen LogP contribution is 2.24. The van der Waals surface area contributed by atoms with Crippen LogP contribution < -0.4 is 26.2 Å². The first-order valence-electron chi connectivity index (χ1n) is 16.4. The molecule has 3 aromatic rings. The van der Waals surface area contributed by atoms with Gasteiger partial charge in [0.1, 0.15) is 22.8 Å². The quantitative estimate of drug-likeness (QED) is 0.0682. The van der Waals surface area contributed by atoms with Gasteiger partial charge in [0.15, 0.2) is 0 Å². The molecule has 0 fully saturated rings. The highest BCUT2D eigenvalue weighted by molar-refractivity contribution is 5.99. The van der Waals surface area contributed by atoms with Crippen LogP contribution in [0.2, 0.25) is 0 Å². The third-order valence-corrected chi connectivity index (χ3v) is 7.02. The topological polar surface area (TPSA) is 181 Å². The number of aliphatic hydroxyl groups is 1. The predicted octanol–water partition coefficient (Wildman–Crippen LogP) is 3.14. The Kier molecular flexibility index (Phi) is 17.2. The van der Waals surface area contributed by atoms with Crippen LogP contribution in [0, 0.1) is 0 Å². The van der Waals surface area contributed by atoms with Crippen LogP contribution in [0.15, 0.2) is 61.3 Å². The Labute approximate surface area is 293 Å². The Morgan fingerprint density at radius 2 is 1.54 bits per heavy atom. The van der Waals surface area contributed by atoms with E-state index in [0.29, 0.717) is 69.1 Å². The number of rotatable bonds is 24. The minimum Gasteiger partial charge on any atom is -0.384 e. The fourth-order valence-corrected chi connectivity index (χ4v) is 4.23. The number of hydrogen-bond donors (Lipinski definition) is 5. The van der Waals surface area contributed by atoms with Gasteiger partial charge in [0.05, 0.1) is 65.0 Å². The van der Waals surface area contributed by atoms with Crippen LogP contribution in [0.1, 0.15) is 36.3 Å². The Hall–Kier alpha value is -4.51. The van der Waals surface area contributed by atoms with Crippen LogP contribution in [0.3, 0.4) is 0 Å².